The molecule has 0 saturated carbocycles. The van der Waals surface area contributed by atoms with E-state index in [4.69, 9.17) is 4.74 Å². The van der Waals surface area contributed by atoms with E-state index in [9.17, 15) is 14.7 Å². The maximum Gasteiger partial charge on any atom is 0.294 e. The molecule has 1 atom stereocenters. The number of benzene rings is 4. The number of aryl methyl sites for hydroxylation is 2. The zero-order valence-electron chi connectivity index (χ0n) is 22.4. The first kappa shape index (κ1) is 26.2. The number of carbonyl (C=O) groups excluding carboxylic acids is 2. The van der Waals surface area contributed by atoms with Gasteiger partial charge in [0.15, 0.2) is 5.76 Å². The Balaban J connectivity index is 1.46. The van der Waals surface area contributed by atoms with Gasteiger partial charge in [0.1, 0.15) is 16.5 Å². The molecule has 5 aromatic rings. The third-order valence-electron chi connectivity index (χ3n) is 7.00. The minimum atomic E-state index is -0.878. The molecule has 0 spiro atoms. The van der Waals surface area contributed by atoms with Crippen molar-refractivity contribution in [3.05, 3.63) is 142 Å². The van der Waals surface area contributed by atoms with E-state index >= 15 is 0 Å². The van der Waals surface area contributed by atoms with Crippen LogP contribution in [-0.4, -0.2) is 21.8 Å². The summed E-state index contributed by atoms with van der Waals surface area (Å²) < 4.78 is 6.07. The molecule has 1 aromatic heterocycles. The number of nitrogens with zero attached hydrogens (tertiary/aromatic N) is 2. The smallest absolute Gasteiger partial charge is 0.294 e. The number of ether oxygens (including phenoxy) is 1. The summed E-state index contributed by atoms with van der Waals surface area (Å²) in [6.45, 7) is 3.66. The lowest BCUT2D eigenvalue weighted by Gasteiger charge is -2.28. The van der Waals surface area contributed by atoms with Crippen LogP contribution in [0.4, 0.5) is 5.69 Å². The number of aliphatic hydroxyl groups excluding tert-OH is 1. The Bertz CT molecular complexity index is 1790. The van der Waals surface area contributed by atoms with E-state index in [0.29, 0.717) is 38.3 Å². The molecule has 1 aliphatic rings. The number of para-hydroxylation sites is 2. The fourth-order valence-corrected chi connectivity index (χ4v) is 6.07. The van der Waals surface area contributed by atoms with Crippen molar-refractivity contribution in [1.29, 1.82) is 0 Å². The van der Waals surface area contributed by atoms with Gasteiger partial charge in [-0.3, -0.25) is 14.5 Å². The predicted octanol–water partition coefficient (Wildman–Crippen LogP) is 8.00. The molecule has 4 aromatic carbocycles. The van der Waals surface area contributed by atoms with Crippen LogP contribution in [0, 0.1) is 13.8 Å². The van der Waals surface area contributed by atoms with Crippen LogP contribution in [0.5, 0.6) is 11.5 Å². The van der Waals surface area contributed by atoms with Gasteiger partial charge in [0.25, 0.3) is 5.91 Å². The molecule has 0 bridgehead atoms. The first-order chi connectivity index (χ1) is 19.9. The molecule has 1 aliphatic heterocycles. The molecule has 1 N–H and O–H groups in total. The SMILES string of the molecule is Cc1ccccc1N1C(=O)C(O)=C(C(=O)c2sc(-c3ccccc3)nc2C)C1c1cccc(Oc2ccccc2)c1. The minimum Gasteiger partial charge on any atom is -0.503 e. The number of hydrogen-bond acceptors (Lipinski definition) is 6. The zero-order chi connectivity index (χ0) is 28.5. The fraction of sp³-hybridized carbons (Fsp3) is 0.0882. The van der Waals surface area contributed by atoms with Gasteiger partial charge in [-0.25, -0.2) is 4.98 Å². The summed E-state index contributed by atoms with van der Waals surface area (Å²) in [6.07, 6.45) is 0. The Morgan fingerprint density at radius 3 is 2.24 bits per heavy atom. The highest BCUT2D eigenvalue weighted by Crippen LogP contribution is 2.45. The van der Waals surface area contributed by atoms with Crippen molar-refractivity contribution in [1.82, 2.24) is 4.98 Å². The van der Waals surface area contributed by atoms with Crippen LogP contribution < -0.4 is 9.64 Å². The number of rotatable bonds is 7. The Morgan fingerprint density at radius 2 is 1.51 bits per heavy atom. The maximum atomic E-state index is 14.2. The largest absolute Gasteiger partial charge is 0.503 e. The molecule has 202 valence electrons. The van der Waals surface area contributed by atoms with Crippen molar-refractivity contribution < 1.29 is 19.4 Å². The zero-order valence-corrected chi connectivity index (χ0v) is 23.3. The summed E-state index contributed by atoms with van der Waals surface area (Å²) in [5.41, 5.74) is 3.53. The van der Waals surface area contributed by atoms with Crippen molar-refractivity contribution in [2.45, 2.75) is 19.9 Å². The van der Waals surface area contributed by atoms with E-state index < -0.39 is 23.5 Å². The van der Waals surface area contributed by atoms with Crippen molar-refractivity contribution in [2.24, 2.45) is 0 Å². The average Bonchev–Trinajstić information content (AvgIpc) is 3.51. The summed E-state index contributed by atoms with van der Waals surface area (Å²) in [7, 11) is 0. The summed E-state index contributed by atoms with van der Waals surface area (Å²) in [6, 6.07) is 32.8. The van der Waals surface area contributed by atoms with Crippen molar-refractivity contribution in [2.75, 3.05) is 4.90 Å². The Kier molecular flexibility index (Phi) is 6.95. The van der Waals surface area contributed by atoms with E-state index in [-0.39, 0.29) is 5.57 Å². The summed E-state index contributed by atoms with van der Waals surface area (Å²) >= 11 is 1.25. The fourth-order valence-electron chi connectivity index (χ4n) is 5.04. The first-order valence-corrected chi connectivity index (χ1v) is 14.0. The van der Waals surface area contributed by atoms with E-state index in [2.05, 4.69) is 4.98 Å². The van der Waals surface area contributed by atoms with Gasteiger partial charge in [0, 0.05) is 11.3 Å². The van der Waals surface area contributed by atoms with Crippen LogP contribution in [0.2, 0.25) is 0 Å². The van der Waals surface area contributed by atoms with Gasteiger partial charge in [-0.2, -0.15) is 0 Å². The monoisotopic (exact) mass is 558 g/mol. The molecule has 0 aliphatic carbocycles. The number of aliphatic hydroxyl groups is 1. The molecule has 41 heavy (non-hydrogen) atoms. The third-order valence-corrected chi connectivity index (χ3v) is 8.21. The van der Waals surface area contributed by atoms with Crippen LogP contribution in [0.15, 0.2) is 121 Å². The second-order valence-electron chi connectivity index (χ2n) is 9.74. The number of hydrogen-bond donors (Lipinski definition) is 1. The maximum absolute atomic E-state index is 14.2. The number of anilines is 1. The molecule has 7 heteroatoms. The van der Waals surface area contributed by atoms with Crippen LogP contribution in [0.25, 0.3) is 10.6 Å². The van der Waals surface area contributed by atoms with Gasteiger partial charge < -0.3 is 9.84 Å². The molecule has 2 heterocycles. The highest BCUT2D eigenvalue weighted by molar-refractivity contribution is 7.17. The normalized spacial score (nSPS) is 14.9. The highest BCUT2D eigenvalue weighted by atomic mass is 32.1. The van der Waals surface area contributed by atoms with Gasteiger partial charge in [-0.1, -0.05) is 78.9 Å². The van der Waals surface area contributed by atoms with E-state index in [1.807, 2.05) is 110 Å². The molecule has 0 fully saturated rings. The summed E-state index contributed by atoms with van der Waals surface area (Å²) in [5.74, 6) is -0.418. The van der Waals surface area contributed by atoms with Crippen LogP contribution in [0.1, 0.15) is 32.5 Å². The van der Waals surface area contributed by atoms with Crippen molar-refractivity contribution >= 4 is 28.7 Å². The third kappa shape index (κ3) is 4.92. The standard InChI is InChI=1S/C34H26N2O4S/c1-21-12-9-10-19-27(21)36-29(24-15-11-18-26(20-24)40-25-16-7-4-8-17-25)28(31(38)34(36)39)30(37)32-22(2)35-33(41-32)23-13-5-3-6-14-23/h3-20,29,38H,1-2H3. The number of aromatic nitrogens is 1. The van der Waals surface area contributed by atoms with E-state index in [1.54, 1.807) is 13.0 Å². The topological polar surface area (TPSA) is 79.7 Å². The molecule has 6 nitrogen and oxygen atoms in total. The highest BCUT2D eigenvalue weighted by Gasteiger charge is 2.45. The van der Waals surface area contributed by atoms with Crippen molar-refractivity contribution in [3.8, 4) is 22.1 Å². The second-order valence-corrected chi connectivity index (χ2v) is 10.7. The Morgan fingerprint density at radius 1 is 0.854 bits per heavy atom. The molecular weight excluding hydrogens is 532 g/mol. The van der Waals surface area contributed by atoms with Crippen LogP contribution >= 0.6 is 11.3 Å². The van der Waals surface area contributed by atoms with Gasteiger partial charge in [-0.05, 0) is 55.3 Å². The predicted molar refractivity (Wildman–Crippen MR) is 161 cm³/mol. The molecular formula is C34H26N2O4S. The number of carbonyl (C=O) groups is 2. The second kappa shape index (κ2) is 10.9. The van der Waals surface area contributed by atoms with Crippen LogP contribution in [0.3, 0.4) is 0 Å². The summed E-state index contributed by atoms with van der Waals surface area (Å²) in [5, 5.41) is 12.0. The molecule has 0 radical (unpaired) electrons. The number of thiazole rings is 1. The minimum absolute atomic E-state index is 0.0153. The Labute approximate surface area is 241 Å². The lowest BCUT2D eigenvalue weighted by atomic mass is 9.94. The van der Waals surface area contributed by atoms with Crippen molar-refractivity contribution in [3.63, 3.8) is 0 Å². The van der Waals surface area contributed by atoms with E-state index in [0.717, 1.165) is 11.1 Å². The molecule has 6 rings (SSSR count). The van der Waals surface area contributed by atoms with Gasteiger partial charge in [0.05, 0.1) is 22.2 Å². The first-order valence-electron chi connectivity index (χ1n) is 13.1. The van der Waals surface area contributed by atoms with Gasteiger partial charge in [-0.15, -0.1) is 11.3 Å². The Hall–Kier alpha value is -5.01. The van der Waals surface area contributed by atoms with Crippen LogP contribution in [-0.2, 0) is 4.79 Å². The number of ketones is 1. The number of Topliss-reactive ketones (excluding diaryl/α,β-unsaturated/α-hetero) is 1. The lowest BCUT2D eigenvalue weighted by Crippen LogP contribution is -2.31. The molecule has 0 saturated heterocycles. The van der Waals surface area contributed by atoms with Gasteiger partial charge >= 0.3 is 0 Å². The van der Waals surface area contributed by atoms with E-state index in [1.165, 1.54) is 16.2 Å². The molecule has 1 unspecified atom stereocenters. The molecule has 1 amide bonds. The lowest BCUT2D eigenvalue weighted by molar-refractivity contribution is -0.117. The average molecular weight is 559 g/mol. The van der Waals surface area contributed by atoms with Gasteiger partial charge in [0.2, 0.25) is 5.78 Å². The number of amides is 1. The quantitative estimate of drug-likeness (QED) is 0.205. The summed E-state index contributed by atoms with van der Waals surface area (Å²) in [4.78, 5) is 34.4.